The Morgan fingerprint density at radius 1 is 1.47 bits per heavy atom. The van der Waals surface area contributed by atoms with Gasteiger partial charge in [0.05, 0.1) is 12.6 Å². The van der Waals surface area contributed by atoms with Gasteiger partial charge in [0.15, 0.2) is 0 Å². The molecule has 0 fully saturated rings. The van der Waals surface area contributed by atoms with Crippen molar-refractivity contribution in [2.75, 3.05) is 20.3 Å². The molecule has 0 aliphatic rings. The van der Waals surface area contributed by atoms with E-state index in [9.17, 15) is 0 Å². The Bertz CT molecular complexity index is 314. The van der Waals surface area contributed by atoms with E-state index in [0.29, 0.717) is 6.61 Å². The van der Waals surface area contributed by atoms with E-state index < -0.39 is 0 Å². The van der Waals surface area contributed by atoms with E-state index in [4.69, 9.17) is 4.74 Å². The second kappa shape index (κ2) is 6.26. The molecule has 1 rings (SSSR count). The first-order valence-corrected chi connectivity index (χ1v) is 5.99. The van der Waals surface area contributed by atoms with Gasteiger partial charge in [-0.05, 0) is 38.1 Å². The molecule has 15 heavy (non-hydrogen) atoms. The van der Waals surface area contributed by atoms with Gasteiger partial charge in [-0.2, -0.15) is 0 Å². The molecule has 0 radical (unpaired) electrons. The number of aryl methyl sites for hydroxylation is 1. The maximum absolute atomic E-state index is 5.43. The van der Waals surface area contributed by atoms with Crippen molar-refractivity contribution < 1.29 is 4.74 Å². The van der Waals surface area contributed by atoms with Gasteiger partial charge in [-0.1, -0.05) is 28.1 Å². The zero-order valence-corrected chi connectivity index (χ0v) is 11.1. The van der Waals surface area contributed by atoms with Crippen LogP contribution in [0.2, 0.25) is 0 Å². The van der Waals surface area contributed by atoms with Crippen molar-refractivity contribution in [1.82, 2.24) is 5.32 Å². The van der Waals surface area contributed by atoms with Crippen LogP contribution in [0.3, 0.4) is 0 Å². The van der Waals surface area contributed by atoms with Gasteiger partial charge in [-0.3, -0.25) is 0 Å². The first kappa shape index (κ1) is 12.7. The summed E-state index contributed by atoms with van der Waals surface area (Å²) in [6.45, 7) is 5.57. The molecule has 0 spiro atoms. The smallest absolute Gasteiger partial charge is 0.0661 e. The minimum Gasteiger partial charge on any atom is -0.380 e. The lowest BCUT2D eigenvalue weighted by atomic mass is 10.1. The monoisotopic (exact) mass is 271 g/mol. The molecular weight excluding hydrogens is 254 g/mol. The Morgan fingerprint density at radius 3 is 2.73 bits per heavy atom. The number of rotatable bonds is 5. The molecule has 0 aliphatic heterocycles. The van der Waals surface area contributed by atoms with E-state index >= 15 is 0 Å². The molecule has 0 heterocycles. The molecule has 0 saturated carbocycles. The molecule has 1 atom stereocenters. The van der Waals surface area contributed by atoms with Crippen molar-refractivity contribution in [2.24, 2.45) is 0 Å². The zero-order valence-electron chi connectivity index (χ0n) is 9.51. The molecule has 3 heteroatoms. The van der Waals surface area contributed by atoms with E-state index in [1.165, 1.54) is 11.1 Å². The third-order valence-corrected chi connectivity index (χ3v) is 3.29. The Kier molecular flexibility index (Phi) is 5.29. The second-order valence-electron chi connectivity index (χ2n) is 3.51. The number of benzene rings is 1. The molecule has 0 bridgehead atoms. The van der Waals surface area contributed by atoms with E-state index in [0.717, 1.165) is 11.1 Å². The minimum absolute atomic E-state index is 0.266. The first-order valence-electron chi connectivity index (χ1n) is 5.20. The maximum Gasteiger partial charge on any atom is 0.0661 e. The summed E-state index contributed by atoms with van der Waals surface area (Å²) in [6, 6.07) is 6.67. The molecule has 1 aromatic carbocycles. The van der Waals surface area contributed by atoms with Crippen molar-refractivity contribution in [3.63, 3.8) is 0 Å². The van der Waals surface area contributed by atoms with E-state index in [-0.39, 0.29) is 6.04 Å². The highest BCUT2D eigenvalue weighted by molar-refractivity contribution is 9.10. The van der Waals surface area contributed by atoms with Crippen LogP contribution < -0.4 is 5.32 Å². The fourth-order valence-electron chi connectivity index (χ4n) is 1.41. The highest BCUT2D eigenvalue weighted by Crippen LogP contribution is 2.21. The van der Waals surface area contributed by atoms with Crippen molar-refractivity contribution in [3.05, 3.63) is 33.8 Å². The summed E-state index contributed by atoms with van der Waals surface area (Å²) in [5, 5.41) is 3.25. The molecule has 0 aromatic heterocycles. The summed E-state index contributed by atoms with van der Waals surface area (Å²) in [4.78, 5) is 0. The van der Waals surface area contributed by atoms with Gasteiger partial charge in [0, 0.05) is 11.1 Å². The zero-order chi connectivity index (χ0) is 11.3. The number of nitrogens with one attached hydrogen (secondary N) is 1. The topological polar surface area (TPSA) is 21.3 Å². The average molecular weight is 272 g/mol. The first-order chi connectivity index (χ1) is 7.19. The number of halogens is 1. The molecule has 1 unspecified atom stereocenters. The van der Waals surface area contributed by atoms with E-state index in [1.54, 1.807) is 0 Å². The van der Waals surface area contributed by atoms with Crippen LogP contribution in [0, 0.1) is 6.92 Å². The van der Waals surface area contributed by atoms with Crippen LogP contribution >= 0.6 is 15.9 Å². The lowest BCUT2D eigenvalue weighted by Crippen LogP contribution is -2.21. The van der Waals surface area contributed by atoms with Gasteiger partial charge in [0.25, 0.3) is 0 Å². The molecule has 84 valence electrons. The quantitative estimate of drug-likeness (QED) is 0.889. The van der Waals surface area contributed by atoms with Crippen LogP contribution in [0.15, 0.2) is 22.7 Å². The highest BCUT2D eigenvalue weighted by Gasteiger charge is 2.09. The molecule has 1 aromatic rings. The van der Waals surface area contributed by atoms with Crippen molar-refractivity contribution >= 4 is 15.9 Å². The van der Waals surface area contributed by atoms with Crippen molar-refractivity contribution in [2.45, 2.75) is 19.9 Å². The predicted molar refractivity (Wildman–Crippen MR) is 67.2 cm³/mol. The fraction of sp³-hybridized carbons (Fsp3) is 0.500. The molecule has 2 nitrogen and oxygen atoms in total. The molecule has 0 saturated heterocycles. The lowest BCUT2D eigenvalue weighted by molar-refractivity contribution is 0.125. The third kappa shape index (κ3) is 3.59. The highest BCUT2D eigenvalue weighted by atomic mass is 79.9. The maximum atomic E-state index is 5.43. The SMILES string of the molecule is CCOCC(NC)c1ccc(C)c(Br)c1. The summed E-state index contributed by atoms with van der Waals surface area (Å²) in [5.41, 5.74) is 2.51. The van der Waals surface area contributed by atoms with Gasteiger partial charge in [0.2, 0.25) is 0 Å². The molecule has 0 aliphatic carbocycles. The Morgan fingerprint density at radius 2 is 2.20 bits per heavy atom. The molecule has 1 N–H and O–H groups in total. The average Bonchev–Trinajstić information content (AvgIpc) is 2.24. The van der Waals surface area contributed by atoms with Crippen molar-refractivity contribution in [1.29, 1.82) is 0 Å². The van der Waals surface area contributed by atoms with Gasteiger partial charge >= 0.3 is 0 Å². The van der Waals surface area contributed by atoms with Crippen LogP contribution in [-0.2, 0) is 4.74 Å². The van der Waals surface area contributed by atoms with Gasteiger partial charge in [-0.15, -0.1) is 0 Å². The van der Waals surface area contributed by atoms with E-state index in [2.05, 4.69) is 46.4 Å². The fourth-order valence-corrected chi connectivity index (χ4v) is 1.80. The van der Waals surface area contributed by atoms with Crippen LogP contribution in [0.5, 0.6) is 0 Å². The Balaban J connectivity index is 2.78. The number of hydrogen-bond donors (Lipinski definition) is 1. The number of ether oxygens (including phenoxy) is 1. The van der Waals surface area contributed by atoms with Crippen LogP contribution in [0.25, 0.3) is 0 Å². The van der Waals surface area contributed by atoms with Crippen LogP contribution in [-0.4, -0.2) is 20.3 Å². The normalized spacial score (nSPS) is 12.8. The number of likely N-dealkylation sites (N-methyl/N-ethyl adjacent to an activating group) is 1. The lowest BCUT2D eigenvalue weighted by Gasteiger charge is -2.17. The second-order valence-corrected chi connectivity index (χ2v) is 4.36. The van der Waals surface area contributed by atoms with Gasteiger partial charge < -0.3 is 10.1 Å². The summed E-state index contributed by atoms with van der Waals surface area (Å²) in [6.07, 6.45) is 0. The Labute approximate surface area is 100 Å². The minimum atomic E-state index is 0.266. The van der Waals surface area contributed by atoms with Crippen molar-refractivity contribution in [3.8, 4) is 0 Å². The van der Waals surface area contributed by atoms with E-state index in [1.807, 2.05) is 14.0 Å². The van der Waals surface area contributed by atoms with Crippen LogP contribution in [0.4, 0.5) is 0 Å². The number of hydrogen-bond acceptors (Lipinski definition) is 2. The van der Waals surface area contributed by atoms with Crippen LogP contribution in [0.1, 0.15) is 24.1 Å². The largest absolute Gasteiger partial charge is 0.380 e. The summed E-state index contributed by atoms with van der Waals surface area (Å²) in [7, 11) is 1.96. The Hall–Kier alpha value is -0.380. The summed E-state index contributed by atoms with van der Waals surface area (Å²) in [5.74, 6) is 0. The third-order valence-electron chi connectivity index (χ3n) is 2.44. The predicted octanol–water partition coefficient (Wildman–Crippen LogP) is 3.05. The standard InChI is InChI=1S/C12H18BrNO/c1-4-15-8-12(14-3)10-6-5-9(2)11(13)7-10/h5-7,12,14H,4,8H2,1-3H3. The summed E-state index contributed by atoms with van der Waals surface area (Å²) >= 11 is 3.54. The molecule has 0 amide bonds. The van der Waals surface area contributed by atoms with Gasteiger partial charge in [0.1, 0.15) is 0 Å². The molecular formula is C12H18BrNO. The summed E-state index contributed by atoms with van der Waals surface area (Å²) < 4.78 is 6.58. The van der Waals surface area contributed by atoms with Gasteiger partial charge in [-0.25, -0.2) is 0 Å².